The summed E-state index contributed by atoms with van der Waals surface area (Å²) in [5.74, 6) is 3.14. The molecule has 0 spiro atoms. The van der Waals surface area contributed by atoms with Crippen molar-refractivity contribution in [3.8, 4) is 5.75 Å². The van der Waals surface area contributed by atoms with Crippen LogP contribution >= 0.6 is 0 Å². The van der Waals surface area contributed by atoms with E-state index in [9.17, 15) is 0 Å². The van der Waals surface area contributed by atoms with Gasteiger partial charge in [-0.15, -0.1) is 0 Å². The molecule has 25 heavy (non-hydrogen) atoms. The number of anilines is 1. The summed E-state index contributed by atoms with van der Waals surface area (Å²) in [7, 11) is 0. The van der Waals surface area contributed by atoms with Crippen molar-refractivity contribution < 1.29 is 9.47 Å². The fourth-order valence-corrected chi connectivity index (χ4v) is 3.53. The SMILES string of the molecule is Cc1nc([C@@H]2CCOC2)cc(N2CCC(Oc3cccnc3)CC2)n1. The summed E-state index contributed by atoms with van der Waals surface area (Å²) in [4.78, 5) is 15.7. The number of piperidine rings is 1. The quantitative estimate of drug-likeness (QED) is 0.853. The van der Waals surface area contributed by atoms with Gasteiger partial charge < -0.3 is 14.4 Å². The van der Waals surface area contributed by atoms with Crippen LogP contribution in [0.1, 0.15) is 36.7 Å². The van der Waals surface area contributed by atoms with E-state index in [4.69, 9.17) is 9.47 Å². The molecule has 0 N–H and O–H groups in total. The molecule has 1 atom stereocenters. The maximum absolute atomic E-state index is 6.03. The van der Waals surface area contributed by atoms with Gasteiger partial charge in [0.05, 0.1) is 18.5 Å². The summed E-state index contributed by atoms with van der Waals surface area (Å²) < 4.78 is 11.5. The third-order valence-corrected chi connectivity index (χ3v) is 4.90. The van der Waals surface area contributed by atoms with Crippen LogP contribution in [0.4, 0.5) is 5.82 Å². The molecule has 0 unspecified atom stereocenters. The number of hydrogen-bond acceptors (Lipinski definition) is 6. The second kappa shape index (κ2) is 7.35. The standard InChI is InChI=1S/C19H24N4O2/c1-14-21-18(15-6-10-24-13-15)11-19(22-14)23-8-4-16(5-9-23)25-17-3-2-7-20-12-17/h2-3,7,11-12,15-16H,4-6,8-10,13H2,1H3/t15-/m1/s1. The molecule has 2 aromatic heterocycles. The average Bonchev–Trinajstić information content (AvgIpc) is 3.17. The first-order chi connectivity index (χ1) is 12.3. The molecule has 2 fully saturated rings. The van der Waals surface area contributed by atoms with Crippen LogP contribution in [0, 0.1) is 6.92 Å². The normalized spacial score (nSPS) is 21.5. The lowest BCUT2D eigenvalue weighted by Crippen LogP contribution is -2.39. The van der Waals surface area contributed by atoms with Crippen LogP contribution in [0.5, 0.6) is 5.75 Å². The van der Waals surface area contributed by atoms with Crippen molar-refractivity contribution in [1.82, 2.24) is 15.0 Å². The summed E-state index contributed by atoms with van der Waals surface area (Å²) in [6, 6.07) is 6.01. The van der Waals surface area contributed by atoms with E-state index in [1.165, 1.54) is 0 Å². The lowest BCUT2D eigenvalue weighted by molar-refractivity contribution is 0.170. The van der Waals surface area contributed by atoms with Crippen molar-refractivity contribution in [3.05, 3.63) is 42.1 Å². The van der Waals surface area contributed by atoms with Gasteiger partial charge >= 0.3 is 0 Å². The molecule has 6 heteroatoms. The number of aromatic nitrogens is 3. The van der Waals surface area contributed by atoms with Crippen molar-refractivity contribution in [3.63, 3.8) is 0 Å². The Balaban J connectivity index is 1.40. The van der Waals surface area contributed by atoms with E-state index in [0.29, 0.717) is 5.92 Å². The minimum atomic E-state index is 0.242. The summed E-state index contributed by atoms with van der Waals surface area (Å²) in [6.07, 6.45) is 6.80. The molecule has 0 amide bonds. The Morgan fingerprint density at radius 3 is 2.80 bits per heavy atom. The van der Waals surface area contributed by atoms with Crippen LogP contribution in [0.15, 0.2) is 30.6 Å². The number of ether oxygens (including phenoxy) is 2. The van der Waals surface area contributed by atoms with Gasteiger partial charge in [0, 0.05) is 50.7 Å². The molecule has 0 radical (unpaired) electrons. The zero-order chi connectivity index (χ0) is 17.1. The first-order valence-electron chi connectivity index (χ1n) is 9.03. The van der Waals surface area contributed by atoms with Crippen molar-refractivity contribution in [2.45, 2.75) is 38.2 Å². The molecule has 2 aliphatic rings. The molecule has 2 saturated heterocycles. The predicted octanol–water partition coefficient (Wildman–Crippen LogP) is 2.73. The molecule has 2 aliphatic heterocycles. The highest BCUT2D eigenvalue weighted by Gasteiger charge is 2.24. The smallest absolute Gasteiger partial charge is 0.137 e. The molecule has 2 aromatic rings. The van der Waals surface area contributed by atoms with E-state index >= 15 is 0 Å². The van der Waals surface area contributed by atoms with Gasteiger partial charge in [-0.3, -0.25) is 4.98 Å². The van der Waals surface area contributed by atoms with Crippen LogP contribution < -0.4 is 9.64 Å². The van der Waals surface area contributed by atoms with Gasteiger partial charge in [0.1, 0.15) is 23.5 Å². The molecular weight excluding hydrogens is 316 g/mol. The minimum Gasteiger partial charge on any atom is -0.489 e. The maximum atomic E-state index is 6.03. The largest absolute Gasteiger partial charge is 0.489 e. The van der Waals surface area contributed by atoms with Gasteiger partial charge in [0.2, 0.25) is 0 Å². The van der Waals surface area contributed by atoms with Crippen LogP contribution in [-0.2, 0) is 4.74 Å². The minimum absolute atomic E-state index is 0.242. The second-order valence-electron chi connectivity index (χ2n) is 6.75. The molecule has 6 nitrogen and oxygen atoms in total. The van der Waals surface area contributed by atoms with Crippen molar-refractivity contribution >= 4 is 5.82 Å². The predicted molar refractivity (Wildman–Crippen MR) is 95.0 cm³/mol. The van der Waals surface area contributed by atoms with E-state index in [1.807, 2.05) is 19.1 Å². The summed E-state index contributed by atoms with van der Waals surface area (Å²) in [5, 5.41) is 0. The van der Waals surface area contributed by atoms with E-state index in [-0.39, 0.29) is 6.10 Å². The van der Waals surface area contributed by atoms with Gasteiger partial charge in [0.15, 0.2) is 0 Å². The molecule has 0 saturated carbocycles. The summed E-state index contributed by atoms with van der Waals surface area (Å²) in [6.45, 7) is 5.47. The Labute approximate surface area is 148 Å². The van der Waals surface area contributed by atoms with Crippen molar-refractivity contribution in [1.29, 1.82) is 0 Å². The third kappa shape index (κ3) is 3.90. The first-order valence-corrected chi connectivity index (χ1v) is 9.03. The number of pyridine rings is 1. The number of rotatable bonds is 4. The van der Waals surface area contributed by atoms with Crippen LogP contribution in [0.3, 0.4) is 0 Å². The summed E-state index contributed by atoms with van der Waals surface area (Å²) >= 11 is 0. The lowest BCUT2D eigenvalue weighted by Gasteiger charge is -2.33. The Bertz CT molecular complexity index is 696. The van der Waals surface area contributed by atoms with Gasteiger partial charge in [-0.2, -0.15) is 0 Å². The van der Waals surface area contributed by atoms with Gasteiger partial charge in [0.25, 0.3) is 0 Å². The number of hydrogen-bond donors (Lipinski definition) is 0. The molecule has 0 aromatic carbocycles. The van der Waals surface area contributed by atoms with E-state index < -0.39 is 0 Å². The van der Waals surface area contributed by atoms with E-state index in [2.05, 4.69) is 25.9 Å². The van der Waals surface area contributed by atoms with Gasteiger partial charge in [-0.25, -0.2) is 9.97 Å². The van der Waals surface area contributed by atoms with Gasteiger partial charge in [-0.05, 0) is 25.5 Å². The van der Waals surface area contributed by atoms with E-state index in [0.717, 1.165) is 68.7 Å². The molecule has 0 aliphatic carbocycles. The van der Waals surface area contributed by atoms with Crippen molar-refractivity contribution in [2.24, 2.45) is 0 Å². The number of aryl methyl sites for hydroxylation is 1. The highest BCUT2D eigenvalue weighted by Crippen LogP contribution is 2.28. The molecular formula is C19H24N4O2. The average molecular weight is 340 g/mol. The maximum Gasteiger partial charge on any atom is 0.137 e. The fraction of sp³-hybridized carbons (Fsp3) is 0.526. The third-order valence-electron chi connectivity index (χ3n) is 4.90. The topological polar surface area (TPSA) is 60.4 Å². The van der Waals surface area contributed by atoms with Crippen LogP contribution in [0.2, 0.25) is 0 Å². The Kier molecular flexibility index (Phi) is 4.78. The van der Waals surface area contributed by atoms with Crippen LogP contribution in [-0.4, -0.2) is 47.4 Å². The second-order valence-corrected chi connectivity index (χ2v) is 6.75. The summed E-state index contributed by atoms with van der Waals surface area (Å²) in [5.41, 5.74) is 1.12. The molecule has 4 rings (SSSR count). The van der Waals surface area contributed by atoms with E-state index in [1.54, 1.807) is 12.4 Å². The Hall–Kier alpha value is -2.21. The molecule has 132 valence electrons. The molecule has 4 heterocycles. The van der Waals surface area contributed by atoms with Crippen molar-refractivity contribution in [2.75, 3.05) is 31.2 Å². The zero-order valence-corrected chi connectivity index (χ0v) is 14.6. The zero-order valence-electron chi connectivity index (χ0n) is 14.6. The Morgan fingerprint density at radius 2 is 2.08 bits per heavy atom. The fourth-order valence-electron chi connectivity index (χ4n) is 3.53. The van der Waals surface area contributed by atoms with Crippen LogP contribution in [0.25, 0.3) is 0 Å². The number of nitrogens with zero attached hydrogens (tertiary/aromatic N) is 4. The highest BCUT2D eigenvalue weighted by atomic mass is 16.5. The van der Waals surface area contributed by atoms with Gasteiger partial charge in [-0.1, -0.05) is 0 Å². The Morgan fingerprint density at radius 1 is 1.20 bits per heavy atom. The lowest BCUT2D eigenvalue weighted by atomic mass is 10.0. The highest BCUT2D eigenvalue weighted by molar-refractivity contribution is 5.41. The monoisotopic (exact) mass is 340 g/mol. The molecule has 0 bridgehead atoms. The first kappa shape index (κ1) is 16.3.